The van der Waals surface area contributed by atoms with Gasteiger partial charge in [0.2, 0.25) is 0 Å². The smallest absolute Gasteiger partial charge is 0.271 e. The van der Waals surface area contributed by atoms with Gasteiger partial charge in [-0.15, -0.1) is 5.11 Å². The van der Waals surface area contributed by atoms with Gasteiger partial charge >= 0.3 is 0 Å². The first-order valence-electron chi connectivity index (χ1n) is 13.5. The number of aromatic amines is 1. The fourth-order valence-corrected chi connectivity index (χ4v) is 4.98. The summed E-state index contributed by atoms with van der Waals surface area (Å²) >= 11 is 0. The number of azo groups is 1. The first kappa shape index (κ1) is 27.1. The lowest BCUT2D eigenvalue weighted by molar-refractivity contribution is -0.384. The van der Waals surface area contributed by atoms with Gasteiger partial charge in [-0.25, -0.2) is 0 Å². The van der Waals surface area contributed by atoms with Crippen LogP contribution >= 0.6 is 0 Å². The van der Waals surface area contributed by atoms with Crippen LogP contribution in [0.1, 0.15) is 22.8 Å². The SMILES string of the molecule is C/C=C/C=C/c1ccc(N=Nc2c(O)c(C(=O)Nc3cccc([N+](=O)[O-])c3)cc3ccc4c5ccccc5[nH]c4c23)cc1. The Hall–Kier alpha value is -6.09. The molecule has 1 amide bonds. The highest BCUT2D eigenvalue weighted by atomic mass is 16.6. The van der Waals surface area contributed by atoms with Gasteiger partial charge in [0.15, 0.2) is 5.75 Å². The van der Waals surface area contributed by atoms with Gasteiger partial charge in [0.25, 0.3) is 11.6 Å². The molecule has 210 valence electrons. The largest absolute Gasteiger partial charge is 0.505 e. The quantitative estimate of drug-likeness (QED) is 0.0767. The molecule has 0 bridgehead atoms. The Morgan fingerprint density at radius 3 is 2.53 bits per heavy atom. The highest BCUT2D eigenvalue weighted by molar-refractivity contribution is 6.22. The van der Waals surface area contributed by atoms with Crippen LogP contribution in [0.4, 0.5) is 22.7 Å². The molecule has 0 saturated carbocycles. The number of nitrogens with zero attached hydrogens (tertiary/aromatic N) is 3. The fourth-order valence-electron chi connectivity index (χ4n) is 4.98. The van der Waals surface area contributed by atoms with Crippen molar-refractivity contribution in [2.75, 3.05) is 5.32 Å². The minimum atomic E-state index is -0.648. The lowest BCUT2D eigenvalue weighted by Gasteiger charge is -2.12. The number of benzene rings is 5. The summed E-state index contributed by atoms with van der Waals surface area (Å²) in [7, 11) is 0. The van der Waals surface area contributed by atoms with Crippen molar-refractivity contribution in [1.29, 1.82) is 0 Å². The van der Waals surface area contributed by atoms with E-state index in [1.807, 2.05) is 91.9 Å². The predicted molar refractivity (Wildman–Crippen MR) is 170 cm³/mol. The highest BCUT2D eigenvalue weighted by Crippen LogP contribution is 2.44. The molecule has 3 N–H and O–H groups in total. The van der Waals surface area contributed by atoms with Crippen molar-refractivity contribution in [3.8, 4) is 5.75 Å². The zero-order valence-electron chi connectivity index (χ0n) is 23.0. The molecule has 0 spiro atoms. The van der Waals surface area contributed by atoms with Crippen molar-refractivity contribution >= 4 is 67.3 Å². The lowest BCUT2D eigenvalue weighted by Crippen LogP contribution is -2.12. The molecule has 0 radical (unpaired) electrons. The van der Waals surface area contributed by atoms with E-state index in [1.165, 1.54) is 24.3 Å². The molecule has 0 atom stereocenters. The molecule has 9 heteroatoms. The summed E-state index contributed by atoms with van der Waals surface area (Å²) in [6.07, 6.45) is 7.79. The Labute approximate surface area is 245 Å². The van der Waals surface area contributed by atoms with Crippen LogP contribution in [0.2, 0.25) is 0 Å². The van der Waals surface area contributed by atoms with Gasteiger partial charge in [0.05, 0.1) is 21.7 Å². The van der Waals surface area contributed by atoms with Gasteiger partial charge in [-0.05, 0) is 48.2 Å². The summed E-state index contributed by atoms with van der Waals surface area (Å²) < 4.78 is 0. The molecule has 0 aliphatic heterocycles. The van der Waals surface area contributed by atoms with E-state index < -0.39 is 10.8 Å². The van der Waals surface area contributed by atoms with Crippen molar-refractivity contribution < 1.29 is 14.8 Å². The molecule has 43 heavy (non-hydrogen) atoms. The Bertz CT molecular complexity index is 2130. The topological polar surface area (TPSA) is 133 Å². The number of allylic oxidation sites excluding steroid dienone is 3. The van der Waals surface area contributed by atoms with Crippen molar-refractivity contribution in [3.05, 3.63) is 130 Å². The number of amides is 1. The Kier molecular flexibility index (Phi) is 7.20. The van der Waals surface area contributed by atoms with E-state index in [1.54, 1.807) is 6.07 Å². The third-order valence-corrected chi connectivity index (χ3v) is 7.04. The number of phenols is 1. The number of aromatic hydroxyl groups is 1. The number of nitro benzene ring substituents is 1. The molecule has 6 rings (SSSR count). The van der Waals surface area contributed by atoms with Gasteiger partial charge in [-0.3, -0.25) is 14.9 Å². The zero-order chi connectivity index (χ0) is 29.9. The number of hydrogen-bond acceptors (Lipinski definition) is 6. The van der Waals surface area contributed by atoms with Gasteiger partial charge in [0.1, 0.15) is 5.69 Å². The van der Waals surface area contributed by atoms with Crippen molar-refractivity contribution in [2.45, 2.75) is 6.92 Å². The molecular weight excluding hydrogens is 542 g/mol. The second-order valence-corrected chi connectivity index (χ2v) is 9.82. The molecule has 0 saturated heterocycles. The van der Waals surface area contributed by atoms with Gasteiger partial charge < -0.3 is 15.4 Å². The van der Waals surface area contributed by atoms with Crippen molar-refractivity contribution in [1.82, 2.24) is 4.98 Å². The minimum absolute atomic E-state index is 0.0483. The summed E-state index contributed by atoms with van der Waals surface area (Å²) in [4.78, 5) is 27.5. The number of anilines is 1. The highest BCUT2D eigenvalue weighted by Gasteiger charge is 2.22. The third-order valence-electron chi connectivity index (χ3n) is 7.04. The van der Waals surface area contributed by atoms with E-state index in [0.717, 1.165) is 27.4 Å². The van der Waals surface area contributed by atoms with E-state index in [4.69, 9.17) is 0 Å². The number of non-ortho nitro benzene ring substituents is 1. The van der Waals surface area contributed by atoms with E-state index in [0.29, 0.717) is 16.5 Å². The van der Waals surface area contributed by atoms with Crippen LogP contribution in [0.3, 0.4) is 0 Å². The minimum Gasteiger partial charge on any atom is -0.505 e. The number of phenolic OH excluding ortho intramolecular Hbond substituents is 1. The van der Waals surface area contributed by atoms with Crippen LogP contribution in [-0.4, -0.2) is 20.9 Å². The van der Waals surface area contributed by atoms with Crippen LogP contribution in [-0.2, 0) is 0 Å². The molecular formula is C34H25N5O4. The van der Waals surface area contributed by atoms with Crippen LogP contribution in [0, 0.1) is 10.1 Å². The molecule has 0 unspecified atom stereocenters. The first-order valence-corrected chi connectivity index (χ1v) is 13.5. The van der Waals surface area contributed by atoms with Crippen molar-refractivity contribution in [2.24, 2.45) is 10.2 Å². The summed E-state index contributed by atoms with van der Waals surface area (Å²) in [5.74, 6) is -1.01. The van der Waals surface area contributed by atoms with Crippen LogP contribution in [0.25, 0.3) is 38.7 Å². The summed E-state index contributed by atoms with van der Waals surface area (Å²) in [5, 5.41) is 37.5. The molecule has 0 fully saturated rings. The number of fused-ring (bicyclic) bond motifs is 5. The second-order valence-electron chi connectivity index (χ2n) is 9.82. The molecule has 0 aliphatic rings. The standard InChI is InChI=1S/C34H25N5O4/c1-2-3-4-8-21-13-16-23(17-14-21)37-38-32-30-22(15-18-27-26-11-5-6-12-29(26)36-31(27)30)19-28(33(32)40)34(41)35-24-9-7-10-25(20-24)39(42)43/h2-20,36,40H,1H3,(H,35,41)/b3-2+,8-4+,38-37?. The molecule has 5 aromatic carbocycles. The number of para-hydroxylation sites is 1. The van der Waals surface area contributed by atoms with Crippen LogP contribution < -0.4 is 5.32 Å². The normalized spacial score (nSPS) is 11.9. The second kappa shape index (κ2) is 11.4. The Balaban J connectivity index is 1.48. The fraction of sp³-hybridized carbons (Fsp3) is 0.0294. The monoisotopic (exact) mass is 567 g/mol. The summed E-state index contributed by atoms with van der Waals surface area (Å²) in [6, 6.07) is 26.3. The number of carbonyl (C=O) groups is 1. The van der Waals surface area contributed by atoms with Crippen molar-refractivity contribution in [3.63, 3.8) is 0 Å². The maximum Gasteiger partial charge on any atom is 0.271 e. The molecule has 0 aliphatic carbocycles. The molecule has 1 heterocycles. The van der Waals surface area contributed by atoms with E-state index in [9.17, 15) is 20.0 Å². The maximum atomic E-state index is 13.4. The lowest BCUT2D eigenvalue weighted by atomic mass is 10.00. The predicted octanol–water partition coefficient (Wildman–Crippen LogP) is 9.35. The van der Waals surface area contributed by atoms with Gasteiger partial charge in [-0.1, -0.05) is 72.8 Å². The van der Waals surface area contributed by atoms with E-state index >= 15 is 0 Å². The van der Waals surface area contributed by atoms with Crippen LogP contribution in [0.5, 0.6) is 5.75 Å². The summed E-state index contributed by atoms with van der Waals surface area (Å²) in [5.41, 5.74) is 3.34. The molecule has 1 aromatic heterocycles. The number of rotatable bonds is 7. The van der Waals surface area contributed by atoms with E-state index in [2.05, 4.69) is 20.5 Å². The number of hydrogen-bond donors (Lipinski definition) is 3. The average molecular weight is 568 g/mol. The Morgan fingerprint density at radius 2 is 1.74 bits per heavy atom. The number of nitrogens with one attached hydrogen (secondary N) is 2. The zero-order valence-corrected chi connectivity index (χ0v) is 23.0. The van der Waals surface area contributed by atoms with Crippen LogP contribution in [0.15, 0.2) is 119 Å². The number of aromatic nitrogens is 1. The maximum absolute atomic E-state index is 13.4. The van der Waals surface area contributed by atoms with Gasteiger partial charge in [0, 0.05) is 39.5 Å². The number of nitro groups is 1. The first-order chi connectivity index (χ1) is 20.9. The molecule has 6 aromatic rings. The average Bonchev–Trinajstić information content (AvgIpc) is 3.40. The summed E-state index contributed by atoms with van der Waals surface area (Å²) in [6.45, 7) is 1.95. The number of H-pyrrole nitrogens is 1. The molecule has 9 nitrogen and oxygen atoms in total. The number of carbonyl (C=O) groups excluding carboxylic acids is 1. The van der Waals surface area contributed by atoms with Gasteiger partial charge in [-0.2, -0.15) is 5.11 Å². The third kappa shape index (κ3) is 5.34. The van der Waals surface area contributed by atoms with E-state index in [-0.39, 0.29) is 28.4 Å². The Morgan fingerprint density at radius 1 is 0.930 bits per heavy atom.